The van der Waals surface area contributed by atoms with Crippen molar-refractivity contribution in [3.63, 3.8) is 0 Å². The first-order valence-electron chi connectivity index (χ1n) is 12.0. The molecule has 194 valence electrons. The number of thiophene rings is 1. The number of nitrogens with one attached hydrogen (secondary N) is 2. The third-order valence-electron chi connectivity index (χ3n) is 6.12. The molecule has 4 heterocycles. The Hall–Kier alpha value is -2.67. The van der Waals surface area contributed by atoms with Crippen molar-refractivity contribution in [1.82, 2.24) is 15.0 Å². The number of carbonyl (C=O) groups excluding carboxylic acids is 1. The molecule has 5 rings (SSSR count). The minimum atomic E-state index is -0.581. The number of ether oxygens (including phenoxy) is 1. The summed E-state index contributed by atoms with van der Waals surface area (Å²) in [7, 11) is 0. The Morgan fingerprint density at radius 3 is 2.86 bits per heavy atom. The Morgan fingerprint density at radius 1 is 1.16 bits per heavy atom. The van der Waals surface area contributed by atoms with Gasteiger partial charge in [0, 0.05) is 49.5 Å². The van der Waals surface area contributed by atoms with Gasteiger partial charge in [0.1, 0.15) is 18.8 Å². The zero-order valence-corrected chi connectivity index (χ0v) is 23.2. The van der Waals surface area contributed by atoms with Gasteiger partial charge < -0.3 is 15.0 Å². The molecule has 3 aromatic heterocycles. The molecule has 0 unspecified atom stereocenters. The van der Waals surface area contributed by atoms with Crippen LogP contribution in [0.2, 0.25) is 0 Å². The number of fused-ring (bicyclic) bond motifs is 1. The van der Waals surface area contributed by atoms with Crippen molar-refractivity contribution in [2.24, 2.45) is 5.92 Å². The van der Waals surface area contributed by atoms with Crippen LogP contribution in [0.4, 0.5) is 25.8 Å². The van der Waals surface area contributed by atoms with Gasteiger partial charge in [0.25, 0.3) is 0 Å². The van der Waals surface area contributed by atoms with E-state index in [1.165, 1.54) is 11.3 Å². The van der Waals surface area contributed by atoms with Gasteiger partial charge in [0.15, 0.2) is 5.13 Å². The molecule has 0 aliphatic carbocycles. The molecule has 0 radical (unpaired) electrons. The summed E-state index contributed by atoms with van der Waals surface area (Å²) >= 11 is 6.67. The topological polar surface area (TPSA) is 92.3 Å². The van der Waals surface area contributed by atoms with E-state index in [-0.39, 0.29) is 0 Å². The molecule has 1 saturated heterocycles. The van der Waals surface area contributed by atoms with Crippen molar-refractivity contribution in [2.75, 3.05) is 41.8 Å². The van der Waals surface area contributed by atoms with Crippen LogP contribution in [-0.2, 0) is 17.8 Å². The van der Waals surface area contributed by atoms with E-state index < -0.39 is 12.7 Å². The fraction of sp³-hybridized carbons (Fsp3) is 0.360. The van der Waals surface area contributed by atoms with Crippen LogP contribution in [0.5, 0.6) is 0 Å². The number of amides is 2. The number of urea groups is 1. The summed E-state index contributed by atoms with van der Waals surface area (Å²) in [6.07, 6.45) is 6.27. The molecular formula is C25H26BrFN6O2S2. The zero-order valence-electron chi connectivity index (χ0n) is 20.0. The van der Waals surface area contributed by atoms with Gasteiger partial charge in [0.2, 0.25) is 0 Å². The highest BCUT2D eigenvalue weighted by Crippen LogP contribution is 2.35. The van der Waals surface area contributed by atoms with E-state index in [1.807, 2.05) is 6.07 Å². The Morgan fingerprint density at radius 2 is 2.03 bits per heavy atom. The summed E-state index contributed by atoms with van der Waals surface area (Å²) < 4.78 is 20.5. The molecule has 0 bridgehead atoms. The van der Waals surface area contributed by atoms with Gasteiger partial charge in [-0.15, -0.1) is 22.7 Å². The molecule has 1 aromatic carbocycles. The number of benzene rings is 1. The number of alkyl halides is 1. The normalized spacial score (nSPS) is 14.1. The smallest absolute Gasteiger partial charge is 0.325 e. The van der Waals surface area contributed by atoms with Crippen molar-refractivity contribution in [3.8, 4) is 0 Å². The quantitative estimate of drug-likeness (QED) is 0.226. The maximum atomic E-state index is 12.9. The highest BCUT2D eigenvalue weighted by atomic mass is 79.9. The predicted octanol–water partition coefficient (Wildman–Crippen LogP) is 6.50. The number of carbonyl (C=O) groups is 1. The summed E-state index contributed by atoms with van der Waals surface area (Å²) in [5.41, 5.74) is 1.98. The van der Waals surface area contributed by atoms with Gasteiger partial charge >= 0.3 is 6.03 Å². The number of hydrogen-bond acceptors (Lipinski definition) is 8. The molecule has 1 aliphatic heterocycles. The summed E-state index contributed by atoms with van der Waals surface area (Å²) in [4.78, 5) is 29.3. The van der Waals surface area contributed by atoms with Crippen molar-refractivity contribution >= 4 is 71.5 Å². The third-order valence-corrected chi connectivity index (χ3v) is 8.72. The van der Waals surface area contributed by atoms with E-state index >= 15 is 0 Å². The molecule has 2 amide bonds. The highest BCUT2D eigenvalue weighted by molar-refractivity contribution is 9.11. The van der Waals surface area contributed by atoms with E-state index in [0.29, 0.717) is 22.3 Å². The summed E-state index contributed by atoms with van der Waals surface area (Å²) in [6, 6.07) is 8.32. The van der Waals surface area contributed by atoms with Gasteiger partial charge in [0.05, 0.1) is 14.0 Å². The maximum Gasteiger partial charge on any atom is 0.325 e. The third kappa shape index (κ3) is 6.81. The molecule has 2 N–H and O–H groups in total. The lowest BCUT2D eigenvalue weighted by molar-refractivity contribution is 0.0682. The summed E-state index contributed by atoms with van der Waals surface area (Å²) in [5.74, 6) is 1.49. The zero-order chi connectivity index (χ0) is 25.6. The Kier molecular flexibility index (Phi) is 8.59. The van der Waals surface area contributed by atoms with Crippen LogP contribution in [0.3, 0.4) is 0 Å². The van der Waals surface area contributed by atoms with Crippen LogP contribution < -0.4 is 15.5 Å². The SMILES string of the molecule is O=C(Nc1cccc(CF)c1)Nc1ncc(CCN(CC2CCOCC2)c2ncnc3cc(Br)sc23)s1. The van der Waals surface area contributed by atoms with Gasteiger partial charge in [-0.05, 0) is 58.5 Å². The standard InChI is InChI=1S/C25H26BrFN6O2S2/c26-21-11-20-22(37-21)23(30-15-29-20)33(14-16-5-8-35-9-6-16)7-4-19-13-28-25(36-19)32-24(34)31-18-3-1-2-17(10-18)12-27/h1-3,10-11,13,15-16H,4-9,12,14H2,(H2,28,31,32,34). The molecule has 0 atom stereocenters. The number of aromatic nitrogens is 3. The second kappa shape index (κ2) is 12.2. The predicted molar refractivity (Wildman–Crippen MR) is 151 cm³/mol. The first-order chi connectivity index (χ1) is 18.1. The van der Waals surface area contributed by atoms with Crippen LogP contribution in [0.1, 0.15) is 23.3 Å². The van der Waals surface area contributed by atoms with E-state index in [1.54, 1.807) is 48.1 Å². The maximum absolute atomic E-state index is 12.9. The lowest BCUT2D eigenvalue weighted by atomic mass is 9.99. The van der Waals surface area contributed by atoms with Crippen molar-refractivity contribution in [3.05, 3.63) is 57.1 Å². The van der Waals surface area contributed by atoms with E-state index in [2.05, 4.69) is 46.4 Å². The highest BCUT2D eigenvalue weighted by Gasteiger charge is 2.22. The van der Waals surface area contributed by atoms with Crippen LogP contribution in [0.15, 0.2) is 46.6 Å². The lowest BCUT2D eigenvalue weighted by Gasteiger charge is -2.30. The molecule has 1 fully saturated rings. The lowest BCUT2D eigenvalue weighted by Crippen LogP contribution is -2.34. The number of thiazole rings is 1. The summed E-state index contributed by atoms with van der Waals surface area (Å²) in [5, 5.41) is 6.01. The number of rotatable bonds is 9. The van der Waals surface area contributed by atoms with E-state index in [4.69, 9.17) is 4.74 Å². The Balaban J connectivity index is 1.25. The number of anilines is 3. The van der Waals surface area contributed by atoms with Gasteiger partial charge in [-0.2, -0.15) is 0 Å². The van der Waals surface area contributed by atoms with Gasteiger partial charge in [-0.25, -0.2) is 24.1 Å². The van der Waals surface area contributed by atoms with E-state index in [0.717, 1.165) is 70.3 Å². The second-order valence-electron chi connectivity index (χ2n) is 8.76. The van der Waals surface area contributed by atoms with Crippen LogP contribution in [-0.4, -0.2) is 47.3 Å². The fourth-order valence-corrected chi connectivity index (χ4v) is 6.63. The Bertz CT molecular complexity index is 1360. The molecule has 1 aliphatic rings. The first kappa shape index (κ1) is 26.0. The Labute approximate surface area is 230 Å². The molecule has 0 spiro atoms. The average Bonchev–Trinajstić information content (AvgIpc) is 3.52. The van der Waals surface area contributed by atoms with Crippen molar-refractivity contribution in [1.29, 1.82) is 0 Å². The van der Waals surface area contributed by atoms with Gasteiger partial charge in [-0.1, -0.05) is 12.1 Å². The molecule has 37 heavy (non-hydrogen) atoms. The largest absolute Gasteiger partial charge is 0.381 e. The van der Waals surface area contributed by atoms with Crippen molar-refractivity contribution in [2.45, 2.75) is 25.9 Å². The molecular weight excluding hydrogens is 579 g/mol. The van der Waals surface area contributed by atoms with Crippen molar-refractivity contribution < 1.29 is 13.9 Å². The minimum absolute atomic E-state index is 0.412. The summed E-state index contributed by atoms with van der Waals surface area (Å²) in [6.45, 7) is 2.68. The van der Waals surface area contributed by atoms with Crippen LogP contribution >= 0.6 is 38.6 Å². The molecule has 0 saturated carbocycles. The molecule has 4 aromatic rings. The first-order valence-corrected chi connectivity index (χ1v) is 14.4. The average molecular weight is 606 g/mol. The second-order valence-corrected chi connectivity index (χ2v) is 12.3. The minimum Gasteiger partial charge on any atom is -0.381 e. The fourth-order valence-electron chi connectivity index (χ4n) is 4.28. The molecule has 8 nitrogen and oxygen atoms in total. The molecule has 12 heteroatoms. The van der Waals surface area contributed by atoms with Crippen LogP contribution in [0, 0.1) is 5.92 Å². The monoisotopic (exact) mass is 604 g/mol. The van der Waals surface area contributed by atoms with Crippen LogP contribution in [0.25, 0.3) is 10.2 Å². The van der Waals surface area contributed by atoms with Gasteiger partial charge in [-0.3, -0.25) is 5.32 Å². The number of halogens is 2. The van der Waals surface area contributed by atoms with E-state index in [9.17, 15) is 9.18 Å². The number of nitrogens with zero attached hydrogens (tertiary/aromatic N) is 4. The number of hydrogen-bond donors (Lipinski definition) is 2.